The van der Waals surface area contributed by atoms with E-state index in [1.807, 2.05) is 0 Å². The van der Waals surface area contributed by atoms with Crippen molar-refractivity contribution >= 4 is 31.5 Å². The highest BCUT2D eigenvalue weighted by Crippen LogP contribution is 2.39. The van der Waals surface area contributed by atoms with Crippen molar-refractivity contribution in [1.82, 2.24) is 0 Å². The van der Waals surface area contributed by atoms with Crippen LogP contribution in [0.2, 0.25) is 0 Å². The van der Waals surface area contributed by atoms with Crippen LogP contribution in [0.1, 0.15) is 46.1 Å². The minimum Gasteiger partial charge on any atom is -0.400 e. The second-order valence-corrected chi connectivity index (χ2v) is 8.07. The summed E-state index contributed by atoms with van der Waals surface area (Å²) in [4.78, 5) is 2.45. The highest BCUT2D eigenvalue weighted by Gasteiger charge is 2.52. The molecule has 0 unspecified atom stereocenters. The van der Waals surface area contributed by atoms with Crippen molar-refractivity contribution in [3.8, 4) is 0 Å². The van der Waals surface area contributed by atoms with Gasteiger partial charge in [0.05, 0.1) is 11.2 Å². The summed E-state index contributed by atoms with van der Waals surface area (Å²) in [5, 5.41) is 0. The fraction of sp³-hybridized carbons (Fsp3) is 0.579. The van der Waals surface area contributed by atoms with Gasteiger partial charge >= 0.3 is 7.12 Å². The van der Waals surface area contributed by atoms with Gasteiger partial charge < -0.3 is 14.2 Å². The predicted octanol–water partition coefficient (Wildman–Crippen LogP) is 4.23. The van der Waals surface area contributed by atoms with Crippen LogP contribution in [0.4, 0.5) is 5.69 Å². The molecule has 2 heterocycles. The standard InChI is InChI=1S/C19H28BNO2S/c1-18(2)19(3,4)23-20(22-18)16(14-24)12-15-8-7-9-17(13-15)21-10-5-6-11-21/h7-9,12-13,24H,5-6,10-11,14H2,1-4H3. The van der Waals surface area contributed by atoms with Gasteiger partial charge in [-0.3, -0.25) is 0 Å². The molecule has 2 fully saturated rings. The van der Waals surface area contributed by atoms with Gasteiger partial charge in [0.1, 0.15) is 0 Å². The van der Waals surface area contributed by atoms with Crippen LogP contribution in [0.3, 0.4) is 0 Å². The highest BCUT2D eigenvalue weighted by molar-refractivity contribution is 7.80. The van der Waals surface area contributed by atoms with E-state index < -0.39 is 0 Å². The smallest absolute Gasteiger partial charge is 0.400 e. The molecule has 0 aliphatic carbocycles. The average Bonchev–Trinajstić information content (AvgIpc) is 3.12. The maximum atomic E-state index is 6.17. The molecule has 2 aliphatic heterocycles. The normalized spacial score (nSPS) is 23.1. The third kappa shape index (κ3) is 3.53. The molecule has 2 saturated heterocycles. The van der Waals surface area contributed by atoms with E-state index in [0.29, 0.717) is 5.75 Å². The first-order valence-electron chi connectivity index (χ1n) is 8.84. The lowest BCUT2D eigenvalue weighted by Crippen LogP contribution is -2.41. The molecule has 0 radical (unpaired) electrons. The summed E-state index contributed by atoms with van der Waals surface area (Å²) in [7, 11) is -0.331. The third-order valence-electron chi connectivity index (χ3n) is 5.43. The van der Waals surface area contributed by atoms with Gasteiger partial charge in [-0.2, -0.15) is 12.6 Å². The van der Waals surface area contributed by atoms with E-state index in [1.54, 1.807) is 0 Å². The Hall–Kier alpha value is -0.905. The summed E-state index contributed by atoms with van der Waals surface area (Å²) in [6.45, 7) is 10.6. The van der Waals surface area contributed by atoms with Crippen LogP contribution in [0.15, 0.2) is 29.7 Å². The highest BCUT2D eigenvalue weighted by atomic mass is 32.1. The number of nitrogens with zero attached hydrogens (tertiary/aromatic N) is 1. The van der Waals surface area contributed by atoms with Gasteiger partial charge in [0.15, 0.2) is 0 Å². The van der Waals surface area contributed by atoms with Crippen LogP contribution in [-0.2, 0) is 9.31 Å². The van der Waals surface area contributed by atoms with E-state index >= 15 is 0 Å². The monoisotopic (exact) mass is 345 g/mol. The molecule has 1 aromatic carbocycles. The minimum atomic E-state index is -0.331. The van der Waals surface area contributed by atoms with Gasteiger partial charge in [0.25, 0.3) is 0 Å². The Kier molecular flexibility index (Phi) is 5.05. The molecule has 24 heavy (non-hydrogen) atoms. The van der Waals surface area contributed by atoms with Gasteiger partial charge in [0, 0.05) is 24.5 Å². The molecule has 1 aromatic rings. The van der Waals surface area contributed by atoms with Crippen molar-refractivity contribution in [2.24, 2.45) is 0 Å². The maximum Gasteiger partial charge on any atom is 0.491 e. The van der Waals surface area contributed by atoms with Crippen molar-refractivity contribution in [1.29, 1.82) is 0 Å². The lowest BCUT2D eigenvalue weighted by atomic mass is 9.78. The maximum absolute atomic E-state index is 6.17. The number of rotatable bonds is 4. The first-order chi connectivity index (χ1) is 11.3. The van der Waals surface area contributed by atoms with Crippen LogP contribution >= 0.6 is 12.6 Å². The molecule has 0 N–H and O–H groups in total. The Morgan fingerprint density at radius 1 is 1.17 bits per heavy atom. The Bertz CT molecular complexity index is 608. The Morgan fingerprint density at radius 2 is 1.79 bits per heavy atom. The van der Waals surface area contributed by atoms with E-state index in [2.05, 4.69) is 75.6 Å². The lowest BCUT2D eigenvalue weighted by Gasteiger charge is -2.32. The largest absolute Gasteiger partial charge is 0.491 e. The molecule has 3 nitrogen and oxygen atoms in total. The van der Waals surface area contributed by atoms with E-state index in [-0.39, 0.29) is 18.3 Å². The van der Waals surface area contributed by atoms with Crippen molar-refractivity contribution in [3.63, 3.8) is 0 Å². The summed E-state index contributed by atoms with van der Waals surface area (Å²) in [6, 6.07) is 8.70. The van der Waals surface area contributed by atoms with E-state index in [4.69, 9.17) is 9.31 Å². The molecule has 130 valence electrons. The van der Waals surface area contributed by atoms with Crippen molar-refractivity contribution in [3.05, 3.63) is 35.3 Å². The van der Waals surface area contributed by atoms with Crippen LogP contribution in [-0.4, -0.2) is 37.2 Å². The molecule has 0 aromatic heterocycles. The van der Waals surface area contributed by atoms with Gasteiger partial charge in [-0.1, -0.05) is 18.2 Å². The molecule has 5 heteroatoms. The summed E-state index contributed by atoms with van der Waals surface area (Å²) < 4.78 is 12.3. The number of thiol groups is 1. The third-order valence-corrected chi connectivity index (χ3v) is 5.80. The van der Waals surface area contributed by atoms with Crippen molar-refractivity contribution < 1.29 is 9.31 Å². The zero-order valence-corrected chi connectivity index (χ0v) is 16.1. The molecule has 0 amide bonds. The minimum absolute atomic E-state index is 0.322. The van der Waals surface area contributed by atoms with Crippen LogP contribution in [0, 0.1) is 0 Å². The summed E-state index contributed by atoms with van der Waals surface area (Å²) in [5.74, 6) is 0.616. The summed E-state index contributed by atoms with van der Waals surface area (Å²) in [5.41, 5.74) is 2.90. The SMILES string of the molecule is CC1(C)OB(C(=Cc2cccc(N3CCCC3)c2)CS)OC1(C)C. The Balaban J connectivity index is 1.82. The lowest BCUT2D eigenvalue weighted by molar-refractivity contribution is 0.00578. The molecule has 0 saturated carbocycles. The van der Waals surface area contributed by atoms with Crippen LogP contribution < -0.4 is 4.90 Å². The van der Waals surface area contributed by atoms with Gasteiger partial charge in [-0.15, -0.1) is 0 Å². The first kappa shape index (κ1) is 17.9. The molecule has 3 rings (SSSR count). The molecule has 0 atom stereocenters. The second kappa shape index (κ2) is 6.78. The Morgan fingerprint density at radius 3 is 2.38 bits per heavy atom. The number of hydrogen-bond donors (Lipinski definition) is 1. The van der Waals surface area contributed by atoms with E-state index in [0.717, 1.165) is 18.6 Å². The molecule has 0 bridgehead atoms. The predicted molar refractivity (Wildman–Crippen MR) is 106 cm³/mol. The molecule has 2 aliphatic rings. The fourth-order valence-electron chi connectivity index (χ4n) is 3.18. The average molecular weight is 345 g/mol. The number of anilines is 1. The quantitative estimate of drug-likeness (QED) is 0.652. The number of hydrogen-bond acceptors (Lipinski definition) is 4. The van der Waals surface area contributed by atoms with Crippen LogP contribution in [0.25, 0.3) is 6.08 Å². The molecule has 0 spiro atoms. The Labute approximate surface area is 152 Å². The molecular weight excluding hydrogens is 317 g/mol. The summed E-state index contributed by atoms with van der Waals surface area (Å²) >= 11 is 4.51. The second-order valence-electron chi connectivity index (χ2n) is 7.75. The summed E-state index contributed by atoms with van der Waals surface area (Å²) in [6.07, 6.45) is 4.74. The zero-order chi connectivity index (χ0) is 17.4. The van der Waals surface area contributed by atoms with Gasteiger partial charge in [-0.05, 0) is 63.7 Å². The fourth-order valence-corrected chi connectivity index (χ4v) is 3.42. The number of benzene rings is 1. The first-order valence-corrected chi connectivity index (χ1v) is 9.48. The van der Waals surface area contributed by atoms with Crippen molar-refractivity contribution in [2.75, 3.05) is 23.7 Å². The van der Waals surface area contributed by atoms with E-state index in [1.165, 1.54) is 24.1 Å². The van der Waals surface area contributed by atoms with Crippen molar-refractivity contribution in [2.45, 2.75) is 51.7 Å². The van der Waals surface area contributed by atoms with Crippen LogP contribution in [0.5, 0.6) is 0 Å². The van der Waals surface area contributed by atoms with Gasteiger partial charge in [-0.25, -0.2) is 0 Å². The van der Waals surface area contributed by atoms with E-state index in [9.17, 15) is 0 Å². The topological polar surface area (TPSA) is 21.7 Å². The van der Waals surface area contributed by atoms with Gasteiger partial charge in [0.2, 0.25) is 0 Å². The molecular formula is C19H28BNO2S. The zero-order valence-electron chi connectivity index (χ0n) is 15.2.